The van der Waals surface area contributed by atoms with E-state index in [0.717, 1.165) is 35.3 Å². The molecule has 1 aliphatic heterocycles. The number of pyridine rings is 2. The largest absolute Gasteiger partial charge is 0.386 e. The van der Waals surface area contributed by atoms with Crippen LogP contribution in [0.3, 0.4) is 0 Å². The van der Waals surface area contributed by atoms with Crippen molar-refractivity contribution in [3.05, 3.63) is 95.2 Å². The van der Waals surface area contributed by atoms with Crippen molar-refractivity contribution in [2.45, 2.75) is 56.7 Å². The molecule has 2 N–H and O–H groups in total. The normalized spacial score (nSPS) is 17.4. The number of para-hydroxylation sites is 1. The van der Waals surface area contributed by atoms with Gasteiger partial charge in [0.15, 0.2) is 5.69 Å². The minimum atomic E-state index is -0.983. The number of hydrogen-bond acceptors (Lipinski definition) is 5. The molecule has 192 valence electrons. The SMILES string of the molecule is [C-]#[N+]c1ccc(-c2cccc3c(C4CC4)c(N4CCC(O)(c5ccc(C(C)(C)O)cn5)CC4)cnc23)cc1. The average Bonchev–Trinajstić information content (AvgIpc) is 3.78. The lowest BCUT2D eigenvalue weighted by Crippen LogP contribution is -2.43. The second-order valence-corrected chi connectivity index (χ2v) is 11.2. The second kappa shape index (κ2) is 9.20. The van der Waals surface area contributed by atoms with Crippen LogP contribution in [0.2, 0.25) is 0 Å². The lowest BCUT2D eigenvalue weighted by atomic mass is 9.86. The molecule has 0 bridgehead atoms. The molecule has 0 atom stereocenters. The van der Waals surface area contributed by atoms with Gasteiger partial charge in [-0.25, -0.2) is 4.85 Å². The van der Waals surface area contributed by atoms with Crippen LogP contribution < -0.4 is 4.90 Å². The molecule has 0 radical (unpaired) electrons. The van der Waals surface area contributed by atoms with Gasteiger partial charge in [-0.2, -0.15) is 0 Å². The highest BCUT2D eigenvalue weighted by molar-refractivity contribution is 5.98. The summed E-state index contributed by atoms with van der Waals surface area (Å²) >= 11 is 0. The lowest BCUT2D eigenvalue weighted by molar-refractivity contribution is 0.00725. The van der Waals surface area contributed by atoms with Gasteiger partial charge < -0.3 is 15.1 Å². The topological polar surface area (TPSA) is 73.8 Å². The number of benzene rings is 2. The summed E-state index contributed by atoms with van der Waals surface area (Å²) in [7, 11) is 0. The van der Waals surface area contributed by atoms with E-state index in [9.17, 15) is 10.2 Å². The van der Waals surface area contributed by atoms with E-state index >= 15 is 0 Å². The molecule has 3 heterocycles. The highest BCUT2D eigenvalue weighted by Crippen LogP contribution is 2.49. The average molecular weight is 505 g/mol. The standard InChI is InChI=1S/C32H32N4O2/c1-31(2,37)23-11-14-28(34-19-23)32(38)15-17-36(18-16-32)27-20-35-30-25(21-9-12-24(33-3)13-10-21)5-4-6-26(30)29(27)22-7-8-22/h4-6,9-14,19-20,22,37-38H,7-8,15-18H2,1-2H3. The van der Waals surface area contributed by atoms with Crippen LogP contribution in [0, 0.1) is 6.57 Å². The van der Waals surface area contributed by atoms with Gasteiger partial charge in [0.2, 0.25) is 0 Å². The molecule has 0 spiro atoms. The molecule has 0 amide bonds. The second-order valence-electron chi connectivity index (χ2n) is 11.2. The summed E-state index contributed by atoms with van der Waals surface area (Å²) in [5, 5.41) is 22.9. The van der Waals surface area contributed by atoms with E-state index in [1.54, 1.807) is 20.0 Å². The van der Waals surface area contributed by atoms with E-state index in [1.807, 2.05) is 42.6 Å². The number of aliphatic hydroxyl groups is 2. The molecule has 1 saturated heterocycles. The molecule has 4 aromatic rings. The Morgan fingerprint density at radius 2 is 1.71 bits per heavy atom. The van der Waals surface area contributed by atoms with Gasteiger partial charge in [0.1, 0.15) is 5.60 Å². The predicted octanol–water partition coefficient (Wildman–Crippen LogP) is 6.44. The summed E-state index contributed by atoms with van der Waals surface area (Å²) in [6.45, 7) is 12.1. The first kappa shape index (κ1) is 24.5. The number of fused-ring (bicyclic) bond motifs is 1. The van der Waals surface area contributed by atoms with Crippen LogP contribution in [0.25, 0.3) is 26.9 Å². The molecule has 6 rings (SSSR count). The molecule has 2 aliphatic rings. The van der Waals surface area contributed by atoms with Crippen molar-refractivity contribution in [2.24, 2.45) is 0 Å². The third-order valence-electron chi connectivity index (χ3n) is 8.09. The minimum absolute atomic E-state index is 0.534. The minimum Gasteiger partial charge on any atom is -0.386 e. The van der Waals surface area contributed by atoms with Gasteiger partial charge in [0, 0.05) is 35.8 Å². The van der Waals surface area contributed by atoms with Crippen molar-refractivity contribution in [1.29, 1.82) is 0 Å². The Balaban J connectivity index is 1.30. The Morgan fingerprint density at radius 3 is 2.32 bits per heavy atom. The van der Waals surface area contributed by atoms with Crippen molar-refractivity contribution >= 4 is 22.3 Å². The number of nitrogens with zero attached hydrogens (tertiary/aromatic N) is 4. The lowest BCUT2D eigenvalue weighted by Gasteiger charge is -2.40. The number of anilines is 1. The van der Waals surface area contributed by atoms with Crippen LogP contribution >= 0.6 is 0 Å². The van der Waals surface area contributed by atoms with E-state index < -0.39 is 11.2 Å². The van der Waals surface area contributed by atoms with Gasteiger partial charge in [0.25, 0.3) is 0 Å². The molecule has 2 fully saturated rings. The van der Waals surface area contributed by atoms with Crippen molar-refractivity contribution < 1.29 is 10.2 Å². The van der Waals surface area contributed by atoms with Crippen LogP contribution in [-0.2, 0) is 11.2 Å². The van der Waals surface area contributed by atoms with Crippen molar-refractivity contribution in [1.82, 2.24) is 9.97 Å². The third kappa shape index (κ3) is 4.42. The van der Waals surface area contributed by atoms with E-state index in [4.69, 9.17) is 11.6 Å². The molecule has 2 aromatic heterocycles. The number of aromatic nitrogens is 2. The van der Waals surface area contributed by atoms with Gasteiger partial charge in [0.05, 0.1) is 35.3 Å². The fraction of sp³-hybridized carbons (Fsp3) is 0.344. The molecule has 1 aliphatic carbocycles. The molecule has 0 unspecified atom stereocenters. The van der Waals surface area contributed by atoms with Crippen LogP contribution in [-0.4, -0.2) is 33.3 Å². The van der Waals surface area contributed by atoms with Crippen LogP contribution in [0.4, 0.5) is 11.4 Å². The molecule has 1 saturated carbocycles. The molecular formula is C32H32N4O2. The van der Waals surface area contributed by atoms with Crippen molar-refractivity contribution in [2.75, 3.05) is 18.0 Å². The maximum atomic E-state index is 11.5. The molecule has 6 heteroatoms. The van der Waals surface area contributed by atoms with Crippen LogP contribution in [0.1, 0.15) is 62.3 Å². The molecule has 2 aromatic carbocycles. The maximum Gasteiger partial charge on any atom is 0.187 e. The van der Waals surface area contributed by atoms with Gasteiger partial charge in [-0.3, -0.25) is 9.97 Å². The van der Waals surface area contributed by atoms with Gasteiger partial charge in [-0.15, -0.1) is 0 Å². The Labute approximate surface area is 223 Å². The summed E-state index contributed by atoms with van der Waals surface area (Å²) in [6.07, 6.45) is 7.23. The van der Waals surface area contributed by atoms with Gasteiger partial charge in [-0.1, -0.05) is 48.5 Å². The summed E-state index contributed by atoms with van der Waals surface area (Å²) in [4.78, 5) is 15.4. The Kier molecular flexibility index (Phi) is 5.94. The predicted molar refractivity (Wildman–Crippen MR) is 150 cm³/mol. The van der Waals surface area contributed by atoms with Crippen LogP contribution in [0.15, 0.2) is 67.0 Å². The number of rotatable bonds is 5. The first-order chi connectivity index (χ1) is 18.3. The maximum absolute atomic E-state index is 11.5. The fourth-order valence-corrected chi connectivity index (χ4v) is 5.64. The summed E-state index contributed by atoms with van der Waals surface area (Å²) < 4.78 is 0. The Bertz CT molecular complexity index is 1520. The van der Waals surface area contributed by atoms with Crippen molar-refractivity contribution in [3.63, 3.8) is 0 Å². The number of piperidine rings is 1. The van der Waals surface area contributed by atoms with Crippen LogP contribution in [0.5, 0.6) is 0 Å². The summed E-state index contributed by atoms with van der Waals surface area (Å²) in [5.74, 6) is 0.534. The zero-order valence-corrected chi connectivity index (χ0v) is 21.9. The third-order valence-corrected chi connectivity index (χ3v) is 8.09. The fourth-order valence-electron chi connectivity index (χ4n) is 5.64. The van der Waals surface area contributed by atoms with E-state index in [-0.39, 0.29) is 0 Å². The molecule has 6 nitrogen and oxygen atoms in total. The summed E-state index contributed by atoms with van der Waals surface area (Å²) in [5.41, 5.74) is 5.79. The molecule has 38 heavy (non-hydrogen) atoms. The first-order valence-corrected chi connectivity index (χ1v) is 13.3. The van der Waals surface area contributed by atoms with E-state index in [2.05, 4.69) is 32.9 Å². The summed E-state index contributed by atoms with van der Waals surface area (Å²) in [6, 6.07) is 17.8. The zero-order chi connectivity index (χ0) is 26.5. The monoisotopic (exact) mass is 504 g/mol. The van der Waals surface area contributed by atoms with E-state index in [1.165, 1.54) is 29.5 Å². The Morgan fingerprint density at radius 1 is 0.974 bits per heavy atom. The first-order valence-electron chi connectivity index (χ1n) is 13.3. The smallest absolute Gasteiger partial charge is 0.187 e. The quantitative estimate of drug-likeness (QED) is 0.306. The highest BCUT2D eigenvalue weighted by Gasteiger charge is 2.38. The zero-order valence-electron chi connectivity index (χ0n) is 21.9. The van der Waals surface area contributed by atoms with Gasteiger partial charge in [-0.05, 0) is 62.6 Å². The Hall–Kier alpha value is -3.79. The van der Waals surface area contributed by atoms with Crippen molar-refractivity contribution in [3.8, 4) is 11.1 Å². The van der Waals surface area contributed by atoms with E-state index in [0.29, 0.717) is 30.1 Å². The highest BCUT2D eigenvalue weighted by atomic mass is 16.3. The number of hydrogen-bond donors (Lipinski definition) is 2. The van der Waals surface area contributed by atoms with Gasteiger partial charge >= 0.3 is 0 Å². The molecular weight excluding hydrogens is 472 g/mol.